The molecule has 0 spiro atoms. The van der Waals surface area contributed by atoms with E-state index in [0.717, 1.165) is 11.1 Å². The van der Waals surface area contributed by atoms with Gasteiger partial charge >= 0.3 is 0 Å². The van der Waals surface area contributed by atoms with Gasteiger partial charge in [0, 0.05) is 6.42 Å². The van der Waals surface area contributed by atoms with E-state index in [0.29, 0.717) is 12.8 Å². The Morgan fingerprint density at radius 2 is 1.94 bits per heavy atom. The lowest BCUT2D eigenvalue weighted by molar-refractivity contribution is -0.119. The molecule has 0 aliphatic rings. The lowest BCUT2D eigenvalue weighted by Crippen LogP contribution is -2.31. The highest BCUT2D eigenvalue weighted by Crippen LogP contribution is 2.07. The molecular formula is C14H19NO. The average Bonchev–Trinajstić information content (AvgIpc) is 2.20. The van der Waals surface area contributed by atoms with E-state index in [-0.39, 0.29) is 5.78 Å². The number of carbonyl (C=O) groups excluding carboxylic acids is 1. The predicted octanol–water partition coefficient (Wildman–Crippen LogP) is 2.40. The van der Waals surface area contributed by atoms with Crippen LogP contribution in [0, 0.1) is 6.92 Å². The minimum absolute atomic E-state index is 0.0758. The third kappa shape index (κ3) is 3.99. The number of nitrogens with two attached hydrogens (primary N) is 1. The van der Waals surface area contributed by atoms with E-state index in [9.17, 15) is 4.79 Å². The predicted molar refractivity (Wildman–Crippen MR) is 67.3 cm³/mol. The summed E-state index contributed by atoms with van der Waals surface area (Å²) in [5.41, 5.74) is 8.95. The molecule has 1 atom stereocenters. The average molecular weight is 217 g/mol. The largest absolute Gasteiger partial charge is 0.321 e. The highest BCUT2D eigenvalue weighted by atomic mass is 16.1. The molecule has 0 bridgehead atoms. The first kappa shape index (κ1) is 12.7. The fourth-order valence-electron chi connectivity index (χ4n) is 1.53. The molecule has 0 aromatic heterocycles. The Morgan fingerprint density at radius 1 is 1.38 bits per heavy atom. The summed E-state index contributed by atoms with van der Waals surface area (Å²) in [5.74, 6) is 0.0758. The van der Waals surface area contributed by atoms with Gasteiger partial charge in [-0.3, -0.25) is 4.79 Å². The van der Waals surface area contributed by atoms with Crippen molar-refractivity contribution in [1.29, 1.82) is 0 Å². The van der Waals surface area contributed by atoms with Crippen LogP contribution in [-0.2, 0) is 11.2 Å². The lowest BCUT2D eigenvalue weighted by atomic mass is 9.99. The van der Waals surface area contributed by atoms with Gasteiger partial charge in [0.2, 0.25) is 0 Å². The van der Waals surface area contributed by atoms with Gasteiger partial charge in [-0.15, -0.1) is 6.58 Å². The number of aryl methyl sites for hydroxylation is 1. The fourth-order valence-corrected chi connectivity index (χ4v) is 1.53. The molecule has 2 N–H and O–H groups in total. The summed E-state index contributed by atoms with van der Waals surface area (Å²) in [7, 11) is 0. The number of rotatable bonds is 5. The summed E-state index contributed by atoms with van der Waals surface area (Å²) < 4.78 is 0. The van der Waals surface area contributed by atoms with E-state index in [1.54, 1.807) is 0 Å². The van der Waals surface area contributed by atoms with E-state index in [1.165, 1.54) is 5.56 Å². The molecule has 1 rings (SSSR count). The smallest absolute Gasteiger partial charge is 0.154 e. The molecule has 1 unspecified atom stereocenters. The summed E-state index contributed by atoms with van der Waals surface area (Å²) in [5, 5.41) is 0. The van der Waals surface area contributed by atoms with Crippen molar-refractivity contribution in [1.82, 2.24) is 0 Å². The highest BCUT2D eigenvalue weighted by Gasteiger charge is 2.13. The normalized spacial score (nSPS) is 12.2. The third-order valence-electron chi connectivity index (χ3n) is 2.48. The molecule has 0 heterocycles. The lowest BCUT2D eigenvalue weighted by Gasteiger charge is -2.10. The van der Waals surface area contributed by atoms with E-state index in [2.05, 4.69) is 6.58 Å². The van der Waals surface area contributed by atoms with Gasteiger partial charge in [0.05, 0.1) is 6.04 Å². The molecule has 0 radical (unpaired) electrons. The third-order valence-corrected chi connectivity index (χ3v) is 2.48. The van der Waals surface area contributed by atoms with E-state index in [1.807, 2.05) is 38.1 Å². The summed E-state index contributed by atoms with van der Waals surface area (Å²) >= 11 is 0. The summed E-state index contributed by atoms with van der Waals surface area (Å²) in [4.78, 5) is 11.8. The van der Waals surface area contributed by atoms with Crippen molar-refractivity contribution in [3.8, 4) is 0 Å². The van der Waals surface area contributed by atoms with Gasteiger partial charge in [0.25, 0.3) is 0 Å². The van der Waals surface area contributed by atoms with Crippen molar-refractivity contribution in [2.45, 2.75) is 32.7 Å². The van der Waals surface area contributed by atoms with Gasteiger partial charge in [0.1, 0.15) is 0 Å². The first-order valence-corrected chi connectivity index (χ1v) is 5.47. The summed E-state index contributed by atoms with van der Waals surface area (Å²) in [6.07, 6.45) is 0.986. The molecule has 0 aliphatic heterocycles. The van der Waals surface area contributed by atoms with E-state index >= 15 is 0 Å². The molecule has 0 amide bonds. The summed E-state index contributed by atoms with van der Waals surface area (Å²) in [6, 6.07) is 7.54. The number of hydrogen-bond donors (Lipinski definition) is 1. The van der Waals surface area contributed by atoms with Crippen molar-refractivity contribution in [2.75, 3.05) is 0 Å². The van der Waals surface area contributed by atoms with Gasteiger partial charge in [-0.25, -0.2) is 0 Å². The molecule has 1 aromatic carbocycles. The zero-order chi connectivity index (χ0) is 12.1. The number of ketones is 1. The second kappa shape index (κ2) is 5.61. The van der Waals surface area contributed by atoms with Crippen LogP contribution in [0.25, 0.3) is 0 Å². The molecular weight excluding hydrogens is 198 g/mol. The van der Waals surface area contributed by atoms with Crippen LogP contribution >= 0.6 is 0 Å². The molecule has 2 heteroatoms. The van der Waals surface area contributed by atoms with E-state index < -0.39 is 6.04 Å². The minimum Gasteiger partial charge on any atom is -0.321 e. The number of Topliss-reactive ketones (excluding diaryl/α,β-unsaturated/α-hetero) is 1. The first-order chi connectivity index (χ1) is 7.49. The topological polar surface area (TPSA) is 43.1 Å². The number of carbonyl (C=O) groups is 1. The molecule has 1 aromatic rings. The van der Waals surface area contributed by atoms with Crippen LogP contribution in [0.2, 0.25) is 0 Å². The van der Waals surface area contributed by atoms with Gasteiger partial charge in [-0.2, -0.15) is 0 Å². The Balaban J connectivity index is 2.57. The SMILES string of the molecule is C=C(C)CC(N)C(=O)Cc1ccc(C)cc1. The summed E-state index contributed by atoms with van der Waals surface area (Å²) in [6.45, 7) is 7.68. The maximum absolute atomic E-state index is 11.8. The van der Waals surface area contributed by atoms with E-state index in [4.69, 9.17) is 5.73 Å². The van der Waals surface area contributed by atoms with Gasteiger partial charge < -0.3 is 5.73 Å². The number of hydrogen-bond acceptors (Lipinski definition) is 2. The quantitative estimate of drug-likeness (QED) is 0.770. The van der Waals surface area contributed by atoms with Gasteiger partial charge in [-0.05, 0) is 25.8 Å². The Hall–Kier alpha value is -1.41. The molecule has 86 valence electrons. The molecule has 0 aliphatic carbocycles. The first-order valence-electron chi connectivity index (χ1n) is 5.47. The van der Waals surface area contributed by atoms with Gasteiger partial charge in [-0.1, -0.05) is 35.4 Å². The maximum atomic E-state index is 11.8. The zero-order valence-corrected chi connectivity index (χ0v) is 9.99. The Morgan fingerprint density at radius 3 is 2.44 bits per heavy atom. The number of benzene rings is 1. The van der Waals surface area contributed by atoms with Crippen LogP contribution in [0.5, 0.6) is 0 Å². The van der Waals surface area contributed by atoms with Crippen molar-refractivity contribution in [2.24, 2.45) is 5.73 Å². The minimum atomic E-state index is -0.418. The Bertz CT molecular complexity index is 378. The second-order valence-corrected chi connectivity index (χ2v) is 4.40. The van der Waals surface area contributed by atoms with Gasteiger partial charge in [0.15, 0.2) is 5.78 Å². The van der Waals surface area contributed by atoms with Crippen molar-refractivity contribution in [3.63, 3.8) is 0 Å². The monoisotopic (exact) mass is 217 g/mol. The van der Waals surface area contributed by atoms with Crippen LogP contribution in [0.3, 0.4) is 0 Å². The molecule has 16 heavy (non-hydrogen) atoms. The second-order valence-electron chi connectivity index (χ2n) is 4.40. The van der Waals surface area contributed by atoms with Crippen LogP contribution < -0.4 is 5.73 Å². The zero-order valence-electron chi connectivity index (χ0n) is 9.99. The van der Waals surface area contributed by atoms with Crippen LogP contribution in [-0.4, -0.2) is 11.8 Å². The van der Waals surface area contributed by atoms with Crippen LogP contribution in [0.4, 0.5) is 0 Å². The highest BCUT2D eigenvalue weighted by molar-refractivity contribution is 5.86. The maximum Gasteiger partial charge on any atom is 0.154 e. The molecule has 2 nitrogen and oxygen atoms in total. The van der Waals surface area contributed by atoms with Crippen molar-refractivity contribution in [3.05, 3.63) is 47.5 Å². The Kier molecular flexibility index (Phi) is 4.44. The Labute approximate surface area is 97.2 Å². The molecule has 0 fully saturated rings. The standard InChI is InChI=1S/C14H19NO/c1-10(2)8-13(15)14(16)9-12-6-4-11(3)5-7-12/h4-7,13H,1,8-9,15H2,2-3H3. The molecule has 0 saturated heterocycles. The van der Waals surface area contributed by atoms with Crippen LogP contribution in [0.15, 0.2) is 36.4 Å². The van der Waals surface area contributed by atoms with Crippen molar-refractivity contribution >= 4 is 5.78 Å². The van der Waals surface area contributed by atoms with Crippen molar-refractivity contribution < 1.29 is 4.79 Å². The fraction of sp³-hybridized carbons (Fsp3) is 0.357. The molecule has 0 saturated carbocycles. The van der Waals surface area contributed by atoms with Crippen LogP contribution in [0.1, 0.15) is 24.5 Å².